The van der Waals surface area contributed by atoms with E-state index in [0.717, 1.165) is 11.8 Å². The number of hydrogen-bond acceptors (Lipinski definition) is 2. The second kappa shape index (κ2) is 6.63. The van der Waals surface area contributed by atoms with Gasteiger partial charge in [-0.05, 0) is 36.8 Å². The van der Waals surface area contributed by atoms with E-state index in [1.165, 1.54) is 24.3 Å². The van der Waals surface area contributed by atoms with Crippen molar-refractivity contribution < 1.29 is 13.2 Å². The average molecular weight is 294 g/mol. The lowest BCUT2D eigenvalue weighted by Gasteiger charge is -2.22. The Labute approximate surface area is 122 Å². The van der Waals surface area contributed by atoms with Crippen molar-refractivity contribution in [3.8, 4) is 0 Å². The van der Waals surface area contributed by atoms with E-state index in [0.29, 0.717) is 13.0 Å². The first-order valence-corrected chi connectivity index (χ1v) is 6.65. The molecule has 0 aliphatic carbocycles. The standard InChI is InChI=1S/C16H17F3N2/c1-21(12-7-5-11(17)6-8-12)10-9-15(20)13-3-2-4-14(18)16(13)19/h2-8,15H,9-10,20H2,1H3. The van der Waals surface area contributed by atoms with Crippen LogP contribution in [0.25, 0.3) is 0 Å². The number of benzene rings is 2. The number of rotatable bonds is 5. The third-order valence-corrected chi connectivity index (χ3v) is 3.42. The summed E-state index contributed by atoms with van der Waals surface area (Å²) in [4.78, 5) is 1.89. The first-order valence-electron chi connectivity index (χ1n) is 6.65. The number of nitrogens with zero attached hydrogens (tertiary/aromatic N) is 1. The second-order valence-corrected chi connectivity index (χ2v) is 4.94. The Hall–Kier alpha value is -2.01. The van der Waals surface area contributed by atoms with Crippen LogP contribution in [0.3, 0.4) is 0 Å². The molecule has 2 aromatic rings. The van der Waals surface area contributed by atoms with Gasteiger partial charge < -0.3 is 10.6 Å². The number of anilines is 1. The summed E-state index contributed by atoms with van der Waals surface area (Å²) in [6, 6.07) is 9.46. The quantitative estimate of drug-likeness (QED) is 0.912. The second-order valence-electron chi connectivity index (χ2n) is 4.94. The first kappa shape index (κ1) is 15.4. The van der Waals surface area contributed by atoms with E-state index in [4.69, 9.17) is 5.73 Å². The zero-order valence-corrected chi connectivity index (χ0v) is 11.7. The molecule has 0 aliphatic rings. The van der Waals surface area contributed by atoms with Crippen LogP contribution in [0.15, 0.2) is 42.5 Å². The van der Waals surface area contributed by atoms with E-state index >= 15 is 0 Å². The molecule has 112 valence electrons. The Morgan fingerprint density at radius 3 is 2.38 bits per heavy atom. The van der Waals surface area contributed by atoms with Gasteiger partial charge in [-0.25, -0.2) is 13.2 Å². The van der Waals surface area contributed by atoms with Gasteiger partial charge in [0.15, 0.2) is 11.6 Å². The van der Waals surface area contributed by atoms with Gasteiger partial charge in [0.25, 0.3) is 0 Å². The Balaban J connectivity index is 1.99. The highest BCUT2D eigenvalue weighted by atomic mass is 19.2. The van der Waals surface area contributed by atoms with Crippen molar-refractivity contribution >= 4 is 5.69 Å². The van der Waals surface area contributed by atoms with E-state index in [1.807, 2.05) is 11.9 Å². The smallest absolute Gasteiger partial charge is 0.163 e. The molecule has 2 nitrogen and oxygen atoms in total. The van der Waals surface area contributed by atoms with Crippen molar-refractivity contribution in [3.05, 3.63) is 65.5 Å². The summed E-state index contributed by atoms with van der Waals surface area (Å²) < 4.78 is 39.7. The highest BCUT2D eigenvalue weighted by molar-refractivity contribution is 5.45. The topological polar surface area (TPSA) is 29.3 Å². The van der Waals surface area contributed by atoms with Crippen LogP contribution < -0.4 is 10.6 Å². The monoisotopic (exact) mass is 294 g/mol. The van der Waals surface area contributed by atoms with Gasteiger partial charge in [0.1, 0.15) is 5.82 Å². The molecule has 2 N–H and O–H groups in total. The molecular formula is C16H17F3N2. The normalized spacial score (nSPS) is 12.2. The molecule has 21 heavy (non-hydrogen) atoms. The van der Waals surface area contributed by atoms with Gasteiger partial charge >= 0.3 is 0 Å². The van der Waals surface area contributed by atoms with Crippen LogP contribution in [0.1, 0.15) is 18.0 Å². The summed E-state index contributed by atoms with van der Waals surface area (Å²) in [5.74, 6) is -2.09. The molecule has 0 spiro atoms. The molecule has 0 heterocycles. The molecule has 0 saturated carbocycles. The summed E-state index contributed by atoms with van der Waals surface area (Å²) in [5, 5.41) is 0. The van der Waals surface area contributed by atoms with Crippen LogP contribution in [0.2, 0.25) is 0 Å². The minimum Gasteiger partial charge on any atom is -0.375 e. The minimum absolute atomic E-state index is 0.169. The zero-order chi connectivity index (χ0) is 15.4. The lowest BCUT2D eigenvalue weighted by atomic mass is 10.0. The van der Waals surface area contributed by atoms with Crippen LogP contribution in [-0.2, 0) is 0 Å². The van der Waals surface area contributed by atoms with Crippen molar-refractivity contribution in [2.45, 2.75) is 12.5 Å². The van der Waals surface area contributed by atoms with Crippen molar-refractivity contribution in [3.63, 3.8) is 0 Å². The molecule has 0 aliphatic heterocycles. The van der Waals surface area contributed by atoms with E-state index in [2.05, 4.69) is 0 Å². The van der Waals surface area contributed by atoms with Crippen LogP contribution in [-0.4, -0.2) is 13.6 Å². The van der Waals surface area contributed by atoms with E-state index < -0.39 is 17.7 Å². The van der Waals surface area contributed by atoms with Crippen LogP contribution in [0, 0.1) is 17.5 Å². The molecule has 1 unspecified atom stereocenters. The lowest BCUT2D eigenvalue weighted by molar-refractivity contribution is 0.484. The highest BCUT2D eigenvalue weighted by Crippen LogP contribution is 2.21. The Morgan fingerprint density at radius 1 is 1.05 bits per heavy atom. The maximum atomic E-state index is 13.6. The summed E-state index contributed by atoms with van der Waals surface area (Å²) in [7, 11) is 1.84. The number of hydrogen-bond donors (Lipinski definition) is 1. The minimum atomic E-state index is -0.894. The predicted octanol–water partition coefficient (Wildman–Crippen LogP) is 3.63. The Morgan fingerprint density at radius 2 is 1.71 bits per heavy atom. The molecule has 0 saturated heterocycles. The number of nitrogens with two attached hydrogens (primary N) is 1. The molecule has 0 bridgehead atoms. The molecule has 5 heteroatoms. The van der Waals surface area contributed by atoms with Gasteiger partial charge in [-0.1, -0.05) is 12.1 Å². The molecule has 1 atom stereocenters. The van der Waals surface area contributed by atoms with Gasteiger partial charge in [-0.2, -0.15) is 0 Å². The zero-order valence-electron chi connectivity index (χ0n) is 11.7. The number of halogens is 3. The largest absolute Gasteiger partial charge is 0.375 e. The van der Waals surface area contributed by atoms with Crippen LogP contribution in [0.5, 0.6) is 0 Å². The Bertz CT molecular complexity index is 599. The molecule has 0 fully saturated rings. The summed E-state index contributed by atoms with van der Waals surface area (Å²) in [5.41, 5.74) is 6.93. The summed E-state index contributed by atoms with van der Waals surface area (Å²) in [6.45, 7) is 0.544. The fourth-order valence-electron chi connectivity index (χ4n) is 2.12. The fraction of sp³-hybridized carbons (Fsp3) is 0.250. The van der Waals surface area contributed by atoms with Crippen molar-refractivity contribution in [2.75, 3.05) is 18.5 Å². The lowest BCUT2D eigenvalue weighted by Crippen LogP contribution is -2.24. The molecule has 2 rings (SSSR count). The summed E-state index contributed by atoms with van der Waals surface area (Å²) in [6.07, 6.45) is 0.453. The van der Waals surface area contributed by atoms with Gasteiger partial charge in [0.2, 0.25) is 0 Å². The maximum absolute atomic E-state index is 13.6. The van der Waals surface area contributed by atoms with Crippen LogP contribution >= 0.6 is 0 Å². The molecule has 0 aromatic heterocycles. The predicted molar refractivity (Wildman–Crippen MR) is 77.6 cm³/mol. The highest BCUT2D eigenvalue weighted by Gasteiger charge is 2.15. The Kier molecular flexibility index (Phi) is 4.85. The van der Waals surface area contributed by atoms with Crippen LogP contribution in [0.4, 0.5) is 18.9 Å². The molecular weight excluding hydrogens is 277 g/mol. The SMILES string of the molecule is CN(CCC(N)c1cccc(F)c1F)c1ccc(F)cc1. The van der Waals surface area contributed by atoms with E-state index in [1.54, 1.807) is 12.1 Å². The van der Waals surface area contributed by atoms with Gasteiger partial charge in [0, 0.05) is 30.9 Å². The molecule has 0 amide bonds. The average Bonchev–Trinajstić information content (AvgIpc) is 2.48. The van der Waals surface area contributed by atoms with Gasteiger partial charge in [0.05, 0.1) is 0 Å². The van der Waals surface area contributed by atoms with E-state index in [-0.39, 0.29) is 11.4 Å². The van der Waals surface area contributed by atoms with Gasteiger partial charge in [-0.3, -0.25) is 0 Å². The van der Waals surface area contributed by atoms with Gasteiger partial charge in [-0.15, -0.1) is 0 Å². The third kappa shape index (κ3) is 3.76. The fourth-order valence-corrected chi connectivity index (χ4v) is 2.12. The molecule has 0 radical (unpaired) electrons. The van der Waals surface area contributed by atoms with E-state index in [9.17, 15) is 13.2 Å². The van der Waals surface area contributed by atoms with Crippen molar-refractivity contribution in [1.29, 1.82) is 0 Å². The van der Waals surface area contributed by atoms with Crippen molar-refractivity contribution in [2.24, 2.45) is 5.73 Å². The first-order chi connectivity index (χ1) is 9.99. The molecule has 2 aromatic carbocycles. The van der Waals surface area contributed by atoms with Crippen molar-refractivity contribution in [1.82, 2.24) is 0 Å². The summed E-state index contributed by atoms with van der Waals surface area (Å²) >= 11 is 0. The maximum Gasteiger partial charge on any atom is 0.163 e. The third-order valence-electron chi connectivity index (χ3n) is 3.42.